The first kappa shape index (κ1) is 11.8. The Morgan fingerprint density at radius 2 is 2.24 bits per heavy atom. The predicted molar refractivity (Wildman–Crippen MR) is 69.0 cm³/mol. The minimum atomic E-state index is -0.880. The number of carbonyl (C=O) groups is 1. The summed E-state index contributed by atoms with van der Waals surface area (Å²) in [6.07, 6.45) is 1.06. The molecule has 1 aromatic carbocycles. The van der Waals surface area contributed by atoms with Crippen molar-refractivity contribution >= 4 is 17.3 Å². The molecule has 1 aromatic rings. The van der Waals surface area contributed by atoms with Crippen molar-refractivity contribution in [2.45, 2.75) is 26.3 Å². The van der Waals surface area contributed by atoms with Crippen LogP contribution in [-0.2, 0) is 0 Å². The molecular formula is C13H18N2O2. The highest BCUT2D eigenvalue weighted by atomic mass is 16.4. The van der Waals surface area contributed by atoms with E-state index in [1.54, 1.807) is 12.1 Å². The number of carboxylic acid groups (broad SMARTS) is 1. The maximum Gasteiger partial charge on any atom is 0.335 e. The third-order valence-electron chi connectivity index (χ3n) is 3.07. The summed E-state index contributed by atoms with van der Waals surface area (Å²) in [4.78, 5) is 13.3. The highest BCUT2D eigenvalue weighted by Gasteiger charge is 2.18. The first-order valence-corrected chi connectivity index (χ1v) is 5.97. The summed E-state index contributed by atoms with van der Waals surface area (Å²) in [5.74, 6) is -0.880. The monoisotopic (exact) mass is 234 g/mol. The quantitative estimate of drug-likeness (QED) is 0.825. The Kier molecular flexibility index (Phi) is 3.22. The van der Waals surface area contributed by atoms with E-state index in [4.69, 9.17) is 5.11 Å². The topological polar surface area (TPSA) is 52.6 Å². The van der Waals surface area contributed by atoms with Gasteiger partial charge in [-0.1, -0.05) is 0 Å². The molecule has 2 N–H and O–H groups in total. The van der Waals surface area contributed by atoms with E-state index in [0.717, 1.165) is 30.9 Å². The zero-order valence-electron chi connectivity index (χ0n) is 10.2. The molecule has 92 valence electrons. The average Bonchev–Trinajstić information content (AvgIpc) is 2.49. The van der Waals surface area contributed by atoms with Gasteiger partial charge < -0.3 is 15.3 Å². The second-order valence-electron chi connectivity index (χ2n) is 4.60. The average molecular weight is 234 g/mol. The van der Waals surface area contributed by atoms with Crippen molar-refractivity contribution in [1.29, 1.82) is 0 Å². The van der Waals surface area contributed by atoms with E-state index < -0.39 is 5.97 Å². The van der Waals surface area contributed by atoms with Crippen LogP contribution >= 0.6 is 0 Å². The molecule has 4 heteroatoms. The summed E-state index contributed by atoms with van der Waals surface area (Å²) >= 11 is 0. The van der Waals surface area contributed by atoms with Crippen LogP contribution in [0.15, 0.2) is 18.2 Å². The number of rotatable bonds is 2. The van der Waals surface area contributed by atoms with E-state index in [-0.39, 0.29) is 0 Å². The Morgan fingerprint density at radius 3 is 2.88 bits per heavy atom. The lowest BCUT2D eigenvalue weighted by Crippen LogP contribution is -2.31. The Hall–Kier alpha value is -1.71. The SMILES string of the molecule is CC(C)N1CCCNc2cc(C(=O)O)ccc21. The van der Waals surface area contributed by atoms with Gasteiger partial charge in [-0.25, -0.2) is 4.79 Å². The molecule has 1 aliphatic rings. The predicted octanol–water partition coefficient (Wildman–Crippen LogP) is 2.42. The smallest absolute Gasteiger partial charge is 0.335 e. The highest BCUT2D eigenvalue weighted by molar-refractivity contribution is 5.91. The molecule has 0 atom stereocenters. The van der Waals surface area contributed by atoms with Crippen LogP contribution < -0.4 is 10.2 Å². The summed E-state index contributed by atoms with van der Waals surface area (Å²) in [6.45, 7) is 6.20. The van der Waals surface area contributed by atoms with Gasteiger partial charge in [-0.2, -0.15) is 0 Å². The molecule has 0 aliphatic carbocycles. The molecule has 0 amide bonds. The van der Waals surface area contributed by atoms with Gasteiger partial charge in [0.15, 0.2) is 0 Å². The maximum absolute atomic E-state index is 10.9. The summed E-state index contributed by atoms with van der Waals surface area (Å²) in [5, 5.41) is 12.3. The number of nitrogens with zero attached hydrogens (tertiary/aromatic N) is 1. The van der Waals surface area contributed by atoms with Crippen LogP contribution in [0.25, 0.3) is 0 Å². The van der Waals surface area contributed by atoms with Crippen LogP contribution in [0.1, 0.15) is 30.6 Å². The molecule has 0 fully saturated rings. The van der Waals surface area contributed by atoms with Crippen LogP contribution in [0, 0.1) is 0 Å². The van der Waals surface area contributed by atoms with Crippen molar-refractivity contribution in [1.82, 2.24) is 0 Å². The van der Waals surface area contributed by atoms with E-state index in [2.05, 4.69) is 24.1 Å². The lowest BCUT2D eigenvalue weighted by Gasteiger charge is -2.28. The van der Waals surface area contributed by atoms with Gasteiger partial charge in [0.05, 0.1) is 16.9 Å². The Balaban J connectivity index is 2.42. The third kappa shape index (κ3) is 2.35. The normalized spacial score (nSPS) is 15.1. The van der Waals surface area contributed by atoms with E-state index in [9.17, 15) is 4.79 Å². The van der Waals surface area contributed by atoms with E-state index in [0.29, 0.717) is 11.6 Å². The molecule has 0 saturated carbocycles. The van der Waals surface area contributed by atoms with Gasteiger partial charge in [0.25, 0.3) is 0 Å². The molecule has 1 heterocycles. The Labute approximate surface area is 101 Å². The van der Waals surface area contributed by atoms with E-state index in [1.165, 1.54) is 0 Å². The molecule has 0 radical (unpaired) electrons. The van der Waals surface area contributed by atoms with E-state index >= 15 is 0 Å². The van der Waals surface area contributed by atoms with Crippen molar-refractivity contribution in [2.24, 2.45) is 0 Å². The lowest BCUT2D eigenvalue weighted by molar-refractivity contribution is 0.0697. The molecule has 1 aliphatic heterocycles. The number of aromatic carboxylic acids is 1. The molecule has 0 aromatic heterocycles. The van der Waals surface area contributed by atoms with Crippen LogP contribution in [0.4, 0.5) is 11.4 Å². The van der Waals surface area contributed by atoms with E-state index in [1.807, 2.05) is 6.07 Å². The fourth-order valence-electron chi connectivity index (χ4n) is 2.19. The van der Waals surface area contributed by atoms with Gasteiger partial charge in [-0.3, -0.25) is 0 Å². The Morgan fingerprint density at radius 1 is 1.47 bits per heavy atom. The van der Waals surface area contributed by atoms with Gasteiger partial charge in [-0.05, 0) is 38.5 Å². The van der Waals surface area contributed by atoms with Crippen molar-refractivity contribution in [2.75, 3.05) is 23.3 Å². The van der Waals surface area contributed by atoms with Crippen molar-refractivity contribution in [3.63, 3.8) is 0 Å². The van der Waals surface area contributed by atoms with Crippen LogP contribution in [0.5, 0.6) is 0 Å². The fourth-order valence-corrected chi connectivity index (χ4v) is 2.19. The molecule has 0 bridgehead atoms. The minimum Gasteiger partial charge on any atom is -0.478 e. The summed E-state index contributed by atoms with van der Waals surface area (Å²) in [6, 6.07) is 5.71. The number of benzene rings is 1. The molecule has 17 heavy (non-hydrogen) atoms. The number of anilines is 2. The Bertz CT molecular complexity index is 429. The van der Waals surface area contributed by atoms with Gasteiger partial charge in [0.1, 0.15) is 0 Å². The molecular weight excluding hydrogens is 216 g/mol. The highest BCUT2D eigenvalue weighted by Crippen LogP contribution is 2.30. The number of nitrogens with one attached hydrogen (secondary N) is 1. The summed E-state index contributed by atoms with van der Waals surface area (Å²) < 4.78 is 0. The van der Waals surface area contributed by atoms with Crippen molar-refractivity contribution in [3.8, 4) is 0 Å². The second-order valence-corrected chi connectivity index (χ2v) is 4.60. The third-order valence-corrected chi connectivity index (χ3v) is 3.07. The first-order valence-electron chi connectivity index (χ1n) is 5.97. The van der Waals surface area contributed by atoms with Gasteiger partial charge >= 0.3 is 5.97 Å². The largest absolute Gasteiger partial charge is 0.478 e. The summed E-state index contributed by atoms with van der Waals surface area (Å²) in [7, 11) is 0. The maximum atomic E-state index is 10.9. The molecule has 0 spiro atoms. The van der Waals surface area contributed by atoms with Crippen molar-refractivity contribution < 1.29 is 9.90 Å². The lowest BCUT2D eigenvalue weighted by atomic mass is 10.1. The number of hydrogen-bond donors (Lipinski definition) is 2. The number of hydrogen-bond acceptors (Lipinski definition) is 3. The van der Waals surface area contributed by atoms with Crippen LogP contribution in [-0.4, -0.2) is 30.2 Å². The minimum absolute atomic E-state index is 0.335. The van der Waals surface area contributed by atoms with Gasteiger partial charge in [0.2, 0.25) is 0 Å². The van der Waals surface area contributed by atoms with Gasteiger partial charge in [0, 0.05) is 19.1 Å². The summed E-state index contributed by atoms with van der Waals surface area (Å²) in [5.41, 5.74) is 2.36. The van der Waals surface area contributed by atoms with Crippen LogP contribution in [0.2, 0.25) is 0 Å². The van der Waals surface area contributed by atoms with Crippen molar-refractivity contribution in [3.05, 3.63) is 23.8 Å². The second kappa shape index (κ2) is 4.65. The number of fused-ring (bicyclic) bond motifs is 1. The zero-order valence-corrected chi connectivity index (χ0v) is 10.2. The molecule has 0 saturated heterocycles. The fraction of sp³-hybridized carbons (Fsp3) is 0.462. The molecule has 4 nitrogen and oxygen atoms in total. The van der Waals surface area contributed by atoms with Gasteiger partial charge in [-0.15, -0.1) is 0 Å². The molecule has 0 unspecified atom stereocenters. The molecule has 2 rings (SSSR count). The standard InChI is InChI=1S/C13H18N2O2/c1-9(2)15-7-3-6-14-11-8-10(13(16)17)4-5-12(11)15/h4-5,8-9,14H,3,6-7H2,1-2H3,(H,16,17). The van der Waals surface area contributed by atoms with Crippen LogP contribution in [0.3, 0.4) is 0 Å². The number of carboxylic acids is 1. The first-order chi connectivity index (χ1) is 8.09. The zero-order chi connectivity index (χ0) is 12.4.